The summed E-state index contributed by atoms with van der Waals surface area (Å²) in [7, 11) is 0. The summed E-state index contributed by atoms with van der Waals surface area (Å²) in [6, 6.07) is -0.913. The van der Waals surface area contributed by atoms with Crippen molar-refractivity contribution in [2.24, 2.45) is 0 Å². The van der Waals surface area contributed by atoms with Crippen molar-refractivity contribution in [3.05, 3.63) is 72.9 Å². The fourth-order valence-electron chi connectivity index (χ4n) is 8.67. The van der Waals surface area contributed by atoms with Crippen LogP contribution in [0.1, 0.15) is 187 Å². The molecule has 0 radical (unpaired) electrons. The number of aliphatic hydroxyl groups excluding tert-OH is 8. The Hall–Kier alpha value is -2.57. The largest absolute Gasteiger partial charge is 0.394 e. The van der Waals surface area contributed by atoms with Crippen molar-refractivity contribution in [3.63, 3.8) is 0 Å². The van der Waals surface area contributed by atoms with Crippen LogP contribution in [0.3, 0.4) is 0 Å². The average molecular weight is 1010 g/mol. The Labute approximate surface area is 428 Å². The molecule has 1 amide bonds. The smallest absolute Gasteiger partial charge is 0.220 e. The van der Waals surface area contributed by atoms with Gasteiger partial charge >= 0.3 is 0 Å². The topological polar surface area (TPSA) is 228 Å². The molecule has 0 saturated carbocycles. The van der Waals surface area contributed by atoms with Crippen molar-refractivity contribution < 1.29 is 64.6 Å². The summed E-state index contributed by atoms with van der Waals surface area (Å²) in [6.45, 7) is 2.57. The van der Waals surface area contributed by atoms with Gasteiger partial charge < -0.3 is 65.1 Å². The standard InChI is InChI=1S/C57H99NO13/c1-3-5-7-9-11-12-13-14-15-16-17-18-19-20-21-22-23-24-25-26-27-28-29-30-31-32-33-34-35-37-39-41-49(62)58-45(46(61)40-38-36-10-8-6-4-2)44-68-56-54(67)52(65)55(48(43-60)70-56)71-57-53(66)51(64)50(63)47(42-59)69-57/h5,7,11-12,14-15,17-18,20-21,38,40,45-48,50-57,59-61,63-67H,3-4,6,8-10,13,16,19,22-37,39,41-44H2,1-2H3,(H,58,62)/b7-5-,12-11-,15-14-,18-17-,21-20-,40-38+. The van der Waals surface area contributed by atoms with E-state index in [1.54, 1.807) is 6.08 Å². The van der Waals surface area contributed by atoms with Crippen LogP contribution >= 0.6 is 0 Å². The van der Waals surface area contributed by atoms with Gasteiger partial charge in [0.05, 0.1) is 32.0 Å². The van der Waals surface area contributed by atoms with Crippen molar-refractivity contribution in [1.29, 1.82) is 0 Å². The summed E-state index contributed by atoms with van der Waals surface area (Å²) in [4.78, 5) is 13.1. The second-order valence-corrected chi connectivity index (χ2v) is 19.3. The van der Waals surface area contributed by atoms with E-state index in [9.17, 15) is 45.6 Å². The molecule has 2 fully saturated rings. The number of amides is 1. The Bertz CT molecular complexity index is 1470. The van der Waals surface area contributed by atoms with E-state index in [-0.39, 0.29) is 18.9 Å². The molecule has 71 heavy (non-hydrogen) atoms. The second-order valence-electron chi connectivity index (χ2n) is 19.3. The molecule has 2 saturated heterocycles. The van der Waals surface area contributed by atoms with Crippen LogP contribution in [0.15, 0.2) is 72.9 Å². The lowest BCUT2D eigenvalue weighted by molar-refractivity contribution is -0.359. The van der Waals surface area contributed by atoms with Gasteiger partial charge in [0.2, 0.25) is 5.91 Å². The van der Waals surface area contributed by atoms with Gasteiger partial charge in [-0.2, -0.15) is 0 Å². The Kier molecular flexibility index (Phi) is 38.9. The molecule has 0 aromatic heterocycles. The summed E-state index contributed by atoms with van der Waals surface area (Å²) in [5, 5.41) is 86.4. The first-order valence-corrected chi connectivity index (χ1v) is 27.7. The number of carbonyl (C=O) groups is 1. The first-order chi connectivity index (χ1) is 34.6. The van der Waals surface area contributed by atoms with Crippen LogP contribution in [-0.2, 0) is 23.7 Å². The summed E-state index contributed by atoms with van der Waals surface area (Å²) in [5.41, 5.74) is 0. The monoisotopic (exact) mass is 1010 g/mol. The van der Waals surface area contributed by atoms with Gasteiger partial charge in [0.15, 0.2) is 12.6 Å². The van der Waals surface area contributed by atoms with Crippen LogP contribution in [0.2, 0.25) is 0 Å². The third-order valence-electron chi connectivity index (χ3n) is 13.1. The molecule has 2 rings (SSSR count). The van der Waals surface area contributed by atoms with E-state index in [2.05, 4.69) is 79.9 Å². The third-order valence-corrected chi connectivity index (χ3v) is 13.1. The highest BCUT2D eigenvalue weighted by molar-refractivity contribution is 5.76. The highest BCUT2D eigenvalue weighted by Crippen LogP contribution is 2.30. The molecule has 14 nitrogen and oxygen atoms in total. The highest BCUT2D eigenvalue weighted by atomic mass is 16.7. The molecular weight excluding hydrogens is 907 g/mol. The van der Waals surface area contributed by atoms with Crippen LogP contribution in [0.25, 0.3) is 0 Å². The predicted octanol–water partition coefficient (Wildman–Crippen LogP) is 8.38. The van der Waals surface area contributed by atoms with Crippen molar-refractivity contribution >= 4 is 5.91 Å². The number of allylic oxidation sites excluding steroid dienone is 11. The molecule has 0 aliphatic carbocycles. The zero-order chi connectivity index (χ0) is 51.7. The molecule has 9 N–H and O–H groups in total. The zero-order valence-corrected chi connectivity index (χ0v) is 43.7. The SMILES string of the molecule is CC/C=C\C/C=C\C/C=C\C/C=C\C/C=C\CCCCCCCCCCCCCCCCCC(=O)NC(COC1OC(CO)C(OC2OC(CO)C(O)C(O)C2O)C(O)C1O)C(O)/C=C/CCCCCC. The highest BCUT2D eigenvalue weighted by Gasteiger charge is 2.51. The normalized spacial score (nSPS) is 26.3. The second kappa shape index (κ2) is 42.8. The summed E-state index contributed by atoms with van der Waals surface area (Å²) < 4.78 is 22.6. The quantitative estimate of drug-likeness (QED) is 0.0207. The lowest BCUT2D eigenvalue weighted by Gasteiger charge is -2.46. The minimum atomic E-state index is -1.79. The lowest BCUT2D eigenvalue weighted by Crippen LogP contribution is -2.65. The van der Waals surface area contributed by atoms with E-state index in [0.717, 1.165) is 83.5 Å². The number of rotatable bonds is 42. The maximum atomic E-state index is 13.1. The molecule has 0 spiro atoms. The summed E-state index contributed by atoms with van der Waals surface area (Å²) in [5.74, 6) is -0.248. The maximum absolute atomic E-state index is 13.1. The Morgan fingerprint density at radius 3 is 1.49 bits per heavy atom. The van der Waals surface area contributed by atoms with Crippen LogP contribution in [0.4, 0.5) is 0 Å². The molecule has 12 unspecified atom stereocenters. The molecule has 0 aromatic rings. The first-order valence-electron chi connectivity index (χ1n) is 27.7. The number of unbranched alkanes of at least 4 members (excludes halogenated alkanes) is 19. The van der Waals surface area contributed by atoms with Crippen molar-refractivity contribution in [3.8, 4) is 0 Å². The van der Waals surface area contributed by atoms with Gasteiger partial charge in [0.1, 0.15) is 48.8 Å². The molecule has 2 aliphatic rings. The molecule has 2 heterocycles. The number of ether oxygens (including phenoxy) is 4. The lowest BCUT2D eigenvalue weighted by atomic mass is 9.97. The molecule has 0 bridgehead atoms. The minimum Gasteiger partial charge on any atom is -0.394 e. The summed E-state index contributed by atoms with van der Waals surface area (Å²) in [6.07, 6.45) is 38.6. The third kappa shape index (κ3) is 29.2. The van der Waals surface area contributed by atoms with E-state index >= 15 is 0 Å². The van der Waals surface area contributed by atoms with Gasteiger partial charge in [-0.25, -0.2) is 0 Å². The fourth-order valence-corrected chi connectivity index (χ4v) is 8.67. The Morgan fingerprint density at radius 1 is 0.521 bits per heavy atom. The molecule has 2 aliphatic heterocycles. The van der Waals surface area contributed by atoms with E-state index in [1.807, 2.05) is 6.08 Å². The van der Waals surface area contributed by atoms with Gasteiger partial charge in [-0.1, -0.05) is 189 Å². The van der Waals surface area contributed by atoms with Crippen LogP contribution < -0.4 is 5.32 Å². The van der Waals surface area contributed by atoms with E-state index in [1.165, 1.54) is 77.0 Å². The van der Waals surface area contributed by atoms with Gasteiger partial charge in [-0.05, 0) is 64.2 Å². The van der Waals surface area contributed by atoms with Crippen molar-refractivity contribution in [1.82, 2.24) is 5.32 Å². The number of hydrogen-bond donors (Lipinski definition) is 9. The minimum absolute atomic E-state index is 0.248. The van der Waals surface area contributed by atoms with Gasteiger partial charge in [0.25, 0.3) is 0 Å². The van der Waals surface area contributed by atoms with Crippen LogP contribution in [0.5, 0.6) is 0 Å². The number of carbonyl (C=O) groups excluding carboxylic acids is 1. The van der Waals surface area contributed by atoms with Gasteiger partial charge in [0, 0.05) is 6.42 Å². The molecule has 410 valence electrons. The summed E-state index contributed by atoms with van der Waals surface area (Å²) >= 11 is 0. The Balaban J connectivity index is 1.60. The van der Waals surface area contributed by atoms with Gasteiger partial charge in [-0.3, -0.25) is 4.79 Å². The maximum Gasteiger partial charge on any atom is 0.220 e. The molecule has 14 heteroatoms. The van der Waals surface area contributed by atoms with Gasteiger partial charge in [-0.15, -0.1) is 0 Å². The Morgan fingerprint density at radius 2 is 0.972 bits per heavy atom. The number of hydrogen-bond acceptors (Lipinski definition) is 13. The van der Waals surface area contributed by atoms with E-state index in [0.29, 0.717) is 6.42 Å². The van der Waals surface area contributed by atoms with Crippen molar-refractivity contribution in [2.45, 2.75) is 261 Å². The predicted molar refractivity (Wildman–Crippen MR) is 281 cm³/mol. The zero-order valence-electron chi connectivity index (χ0n) is 43.7. The first kappa shape index (κ1) is 64.5. The fraction of sp³-hybridized carbons (Fsp3) is 0.772. The molecule has 12 atom stereocenters. The molecule has 0 aromatic carbocycles. The van der Waals surface area contributed by atoms with Crippen LogP contribution in [0, 0.1) is 0 Å². The van der Waals surface area contributed by atoms with Crippen molar-refractivity contribution in [2.75, 3.05) is 19.8 Å². The molecular formula is C57H99NO13. The number of nitrogens with one attached hydrogen (secondary N) is 1. The van der Waals surface area contributed by atoms with E-state index < -0.39 is 86.8 Å². The average Bonchev–Trinajstić information content (AvgIpc) is 3.37. The van der Waals surface area contributed by atoms with E-state index in [4.69, 9.17) is 18.9 Å². The van der Waals surface area contributed by atoms with Crippen LogP contribution in [-0.4, -0.2) is 140 Å². The number of aliphatic hydroxyl groups is 8.